The Bertz CT molecular complexity index is 700. The number of carbonyl (C=O) groups is 1. The lowest BCUT2D eigenvalue weighted by atomic mass is 10.1. The maximum absolute atomic E-state index is 12.5. The molecule has 1 fully saturated rings. The molecule has 0 spiro atoms. The van der Waals surface area contributed by atoms with Crippen molar-refractivity contribution >= 4 is 5.91 Å². The summed E-state index contributed by atoms with van der Waals surface area (Å²) in [5.74, 6) is 2.67. The van der Waals surface area contributed by atoms with E-state index < -0.39 is 0 Å². The summed E-state index contributed by atoms with van der Waals surface area (Å²) >= 11 is 0. The Hall–Kier alpha value is -2.50. The number of aryl methyl sites for hydroxylation is 2. The van der Waals surface area contributed by atoms with E-state index >= 15 is 0 Å². The lowest BCUT2D eigenvalue weighted by molar-refractivity contribution is 0.0589. The lowest BCUT2D eigenvalue weighted by Gasteiger charge is -2.31. The third kappa shape index (κ3) is 3.53. The van der Waals surface area contributed by atoms with Crippen LogP contribution in [0.2, 0.25) is 0 Å². The number of aromatic nitrogens is 1. The monoisotopic (exact) mass is 330 g/mol. The van der Waals surface area contributed by atoms with Crippen LogP contribution < -0.4 is 9.47 Å². The number of piperidine rings is 1. The van der Waals surface area contributed by atoms with Gasteiger partial charge < -0.3 is 18.8 Å². The summed E-state index contributed by atoms with van der Waals surface area (Å²) in [6.45, 7) is 4.83. The number of rotatable bonds is 4. The molecule has 6 heteroatoms. The Morgan fingerprint density at radius 3 is 2.33 bits per heavy atom. The van der Waals surface area contributed by atoms with Gasteiger partial charge in [-0.2, -0.15) is 0 Å². The minimum absolute atomic E-state index is 0.0627. The number of nitrogens with zero attached hydrogens (tertiary/aromatic N) is 2. The van der Waals surface area contributed by atoms with Crippen LogP contribution in [0, 0.1) is 13.8 Å². The van der Waals surface area contributed by atoms with Gasteiger partial charge in [0, 0.05) is 32.9 Å². The fraction of sp³-hybridized carbons (Fsp3) is 0.444. The molecule has 1 aromatic heterocycles. The Morgan fingerprint density at radius 2 is 1.79 bits per heavy atom. The van der Waals surface area contributed by atoms with Gasteiger partial charge in [-0.3, -0.25) is 4.79 Å². The largest absolute Gasteiger partial charge is 0.497 e. The number of likely N-dealkylation sites (tertiary alicyclic amines) is 1. The number of methoxy groups -OCH3 is 1. The van der Waals surface area contributed by atoms with Crippen LogP contribution in [0.4, 0.5) is 0 Å². The molecule has 0 bridgehead atoms. The fourth-order valence-corrected chi connectivity index (χ4v) is 2.90. The minimum Gasteiger partial charge on any atom is -0.497 e. The number of hydrogen-bond donors (Lipinski definition) is 0. The zero-order valence-corrected chi connectivity index (χ0v) is 14.2. The van der Waals surface area contributed by atoms with Crippen LogP contribution in [-0.4, -0.2) is 42.1 Å². The van der Waals surface area contributed by atoms with Crippen LogP contribution in [-0.2, 0) is 0 Å². The molecule has 1 aliphatic heterocycles. The van der Waals surface area contributed by atoms with E-state index in [1.165, 1.54) is 0 Å². The minimum atomic E-state index is -0.0627. The Labute approximate surface area is 141 Å². The van der Waals surface area contributed by atoms with E-state index in [4.69, 9.17) is 13.9 Å². The highest BCUT2D eigenvalue weighted by atomic mass is 16.5. The molecule has 0 N–H and O–H groups in total. The number of benzene rings is 1. The Kier molecular flexibility index (Phi) is 4.74. The first-order chi connectivity index (χ1) is 11.6. The first-order valence-corrected chi connectivity index (χ1v) is 8.11. The molecule has 6 nitrogen and oxygen atoms in total. The number of ether oxygens (including phenoxy) is 2. The molecule has 3 rings (SSSR count). The van der Waals surface area contributed by atoms with E-state index in [1.54, 1.807) is 21.0 Å². The van der Waals surface area contributed by atoms with Crippen LogP contribution in [0.15, 0.2) is 28.7 Å². The van der Waals surface area contributed by atoms with Gasteiger partial charge in [-0.1, -0.05) is 0 Å². The van der Waals surface area contributed by atoms with Crippen LogP contribution in [0.5, 0.6) is 11.5 Å². The molecular weight excluding hydrogens is 308 g/mol. The summed E-state index contributed by atoms with van der Waals surface area (Å²) in [5, 5.41) is 0. The summed E-state index contributed by atoms with van der Waals surface area (Å²) in [6.07, 6.45) is 1.71. The second-order valence-electron chi connectivity index (χ2n) is 5.92. The van der Waals surface area contributed by atoms with Crippen molar-refractivity contribution in [1.82, 2.24) is 9.88 Å². The molecule has 0 radical (unpaired) electrons. The molecule has 1 amide bonds. The summed E-state index contributed by atoms with van der Waals surface area (Å²) in [5.41, 5.74) is 0.419. The Morgan fingerprint density at radius 1 is 1.17 bits per heavy atom. The molecule has 128 valence electrons. The van der Waals surface area contributed by atoms with Crippen molar-refractivity contribution in [2.75, 3.05) is 20.2 Å². The van der Waals surface area contributed by atoms with Crippen molar-refractivity contribution in [3.63, 3.8) is 0 Å². The molecule has 1 saturated heterocycles. The van der Waals surface area contributed by atoms with Crippen LogP contribution in [0.25, 0.3) is 0 Å². The van der Waals surface area contributed by atoms with Crippen LogP contribution in [0.1, 0.15) is 35.0 Å². The second-order valence-corrected chi connectivity index (χ2v) is 5.92. The van der Waals surface area contributed by atoms with Crippen LogP contribution >= 0.6 is 0 Å². The summed E-state index contributed by atoms with van der Waals surface area (Å²) in [4.78, 5) is 18.5. The van der Waals surface area contributed by atoms with Gasteiger partial charge in [0.15, 0.2) is 11.6 Å². The van der Waals surface area contributed by atoms with Crippen molar-refractivity contribution < 1.29 is 18.7 Å². The van der Waals surface area contributed by atoms with Crippen molar-refractivity contribution in [2.24, 2.45) is 0 Å². The van der Waals surface area contributed by atoms with E-state index in [1.807, 2.05) is 29.2 Å². The average molecular weight is 330 g/mol. The van der Waals surface area contributed by atoms with Crippen molar-refractivity contribution in [3.05, 3.63) is 41.6 Å². The molecule has 0 saturated carbocycles. The van der Waals surface area contributed by atoms with Gasteiger partial charge in [-0.05, 0) is 31.2 Å². The Balaban J connectivity index is 1.55. The summed E-state index contributed by atoms with van der Waals surface area (Å²) < 4.78 is 16.5. The van der Waals surface area contributed by atoms with Gasteiger partial charge in [0.2, 0.25) is 0 Å². The topological polar surface area (TPSA) is 64.8 Å². The van der Waals surface area contributed by atoms with Gasteiger partial charge in [0.25, 0.3) is 5.91 Å². The number of hydrogen-bond acceptors (Lipinski definition) is 5. The first kappa shape index (κ1) is 16.4. The van der Waals surface area contributed by atoms with Gasteiger partial charge in [-0.15, -0.1) is 0 Å². The smallest absolute Gasteiger partial charge is 0.276 e. The van der Waals surface area contributed by atoms with Gasteiger partial charge in [0.1, 0.15) is 23.4 Å². The average Bonchev–Trinajstić information content (AvgIpc) is 2.94. The van der Waals surface area contributed by atoms with E-state index in [0.29, 0.717) is 30.4 Å². The SMILES string of the molecule is COc1ccc(OC2CCN(C(=O)c3nc(C)oc3C)CC2)cc1. The molecule has 1 aromatic carbocycles. The second kappa shape index (κ2) is 6.95. The molecule has 0 unspecified atom stereocenters. The third-order valence-corrected chi connectivity index (χ3v) is 4.20. The molecule has 1 aliphatic rings. The third-order valence-electron chi connectivity index (χ3n) is 4.20. The van der Waals surface area contributed by atoms with Gasteiger partial charge >= 0.3 is 0 Å². The first-order valence-electron chi connectivity index (χ1n) is 8.11. The maximum Gasteiger partial charge on any atom is 0.276 e. The number of carbonyl (C=O) groups excluding carboxylic acids is 1. The molecule has 2 aromatic rings. The number of amides is 1. The standard InChI is InChI=1S/C18H22N2O4/c1-12-17(19-13(2)23-12)18(21)20-10-8-16(9-11-20)24-15-6-4-14(22-3)5-7-15/h4-7,16H,8-11H2,1-3H3. The predicted molar refractivity (Wildman–Crippen MR) is 88.5 cm³/mol. The molecule has 24 heavy (non-hydrogen) atoms. The fourth-order valence-electron chi connectivity index (χ4n) is 2.90. The van der Waals surface area contributed by atoms with Gasteiger partial charge in [0.05, 0.1) is 7.11 Å². The maximum atomic E-state index is 12.5. The molecule has 0 aliphatic carbocycles. The van der Waals surface area contributed by atoms with Crippen molar-refractivity contribution in [2.45, 2.75) is 32.8 Å². The summed E-state index contributed by atoms with van der Waals surface area (Å²) in [6, 6.07) is 7.56. The van der Waals surface area contributed by atoms with E-state index in [0.717, 1.165) is 24.3 Å². The zero-order valence-electron chi connectivity index (χ0n) is 14.2. The summed E-state index contributed by atoms with van der Waals surface area (Å²) in [7, 11) is 1.64. The molecule has 2 heterocycles. The van der Waals surface area contributed by atoms with E-state index in [-0.39, 0.29) is 12.0 Å². The molecule has 0 atom stereocenters. The highest BCUT2D eigenvalue weighted by molar-refractivity contribution is 5.93. The highest BCUT2D eigenvalue weighted by Gasteiger charge is 2.27. The normalized spacial score (nSPS) is 15.4. The van der Waals surface area contributed by atoms with E-state index in [9.17, 15) is 4.79 Å². The van der Waals surface area contributed by atoms with Crippen LogP contribution in [0.3, 0.4) is 0 Å². The number of oxazole rings is 1. The quantitative estimate of drug-likeness (QED) is 0.862. The van der Waals surface area contributed by atoms with E-state index in [2.05, 4.69) is 4.98 Å². The lowest BCUT2D eigenvalue weighted by Crippen LogP contribution is -2.42. The van der Waals surface area contributed by atoms with Crippen molar-refractivity contribution in [1.29, 1.82) is 0 Å². The van der Waals surface area contributed by atoms with Crippen molar-refractivity contribution in [3.8, 4) is 11.5 Å². The van der Waals surface area contributed by atoms with Gasteiger partial charge in [-0.25, -0.2) is 4.98 Å². The zero-order chi connectivity index (χ0) is 17.1. The predicted octanol–water partition coefficient (Wildman–Crippen LogP) is 2.98. The highest BCUT2D eigenvalue weighted by Crippen LogP contribution is 2.23. The molecular formula is C18H22N2O4.